The average Bonchev–Trinajstić information content (AvgIpc) is 3.49. The highest BCUT2D eigenvalue weighted by molar-refractivity contribution is 5.71. The third kappa shape index (κ3) is 68.0. The molecule has 0 aromatic heterocycles. The molecule has 6 heteroatoms. The fourth-order valence-corrected chi connectivity index (χ4v) is 9.23. The second kappa shape index (κ2) is 69.8. The minimum atomic E-state index is -0.809. The predicted molar refractivity (Wildman–Crippen MR) is 362 cm³/mol. The first-order chi connectivity index (χ1) is 41.0. The Balaban J connectivity index is 4.41. The number of allylic oxidation sites excluding steroid dienone is 24. The summed E-state index contributed by atoms with van der Waals surface area (Å²) in [6, 6.07) is 0. The molecule has 0 aliphatic carbocycles. The molecule has 470 valence electrons. The van der Waals surface area contributed by atoms with Gasteiger partial charge in [-0.05, 0) is 141 Å². The first-order valence-electron chi connectivity index (χ1n) is 34.3. The lowest BCUT2D eigenvalue weighted by Crippen LogP contribution is -2.30. The van der Waals surface area contributed by atoms with Crippen LogP contribution < -0.4 is 0 Å². The normalized spacial score (nSPS) is 13.0. The Morgan fingerprint density at radius 2 is 0.470 bits per heavy atom. The zero-order valence-electron chi connectivity index (χ0n) is 53.9. The van der Waals surface area contributed by atoms with E-state index in [0.29, 0.717) is 19.3 Å². The van der Waals surface area contributed by atoms with Gasteiger partial charge in [0.15, 0.2) is 6.10 Å². The second-order valence-corrected chi connectivity index (χ2v) is 22.3. The summed E-state index contributed by atoms with van der Waals surface area (Å²) in [5.74, 6) is -0.953. The number of rotatable bonds is 61. The largest absolute Gasteiger partial charge is 0.462 e. The number of hydrogen-bond donors (Lipinski definition) is 0. The van der Waals surface area contributed by atoms with Gasteiger partial charge in [0.05, 0.1) is 0 Å². The zero-order valence-corrected chi connectivity index (χ0v) is 53.9. The minimum Gasteiger partial charge on any atom is -0.462 e. The Kier molecular flexibility index (Phi) is 65.8. The molecule has 0 fully saturated rings. The molecule has 0 aliphatic rings. The van der Waals surface area contributed by atoms with Gasteiger partial charge < -0.3 is 14.2 Å². The molecule has 0 spiro atoms. The molecule has 1 atom stereocenters. The van der Waals surface area contributed by atoms with E-state index in [1.165, 1.54) is 128 Å². The molecule has 1 unspecified atom stereocenters. The van der Waals surface area contributed by atoms with E-state index in [-0.39, 0.29) is 31.1 Å². The summed E-state index contributed by atoms with van der Waals surface area (Å²) in [4.78, 5) is 38.4. The second-order valence-electron chi connectivity index (χ2n) is 22.3. The van der Waals surface area contributed by atoms with Gasteiger partial charge >= 0.3 is 17.9 Å². The van der Waals surface area contributed by atoms with Crippen molar-refractivity contribution >= 4 is 17.9 Å². The standard InChI is InChI=1S/C77H126O6/c1-4-7-10-13-16-19-22-25-28-30-32-34-35-36-37-38-39-40-41-43-44-46-49-52-55-58-61-64-67-70-76(79)82-73-74(72-81-75(78)69-66-63-60-57-54-51-48-27-24-21-18-15-12-9-6-3)83-77(80)71-68-65-62-59-56-53-50-47-45-42-33-31-29-26-23-20-17-14-11-8-5-2/h7,9-10,12,16,18-19,21,25,27-28,31-34,36-37,39-40,43-44,48,54,57,74H,4-6,8,11,13-15,17,20,22-24,26,29-30,35,38,41-42,45-47,49-53,55-56,58-73H2,1-3H3/b10-7-,12-9-,19-16-,21-18-,28-25-,33-31-,34-32-,37-36-,40-39-,44-43-,48-27-,57-54-. The summed E-state index contributed by atoms with van der Waals surface area (Å²) in [5.41, 5.74) is 0. The van der Waals surface area contributed by atoms with Gasteiger partial charge in [-0.15, -0.1) is 0 Å². The van der Waals surface area contributed by atoms with Crippen molar-refractivity contribution in [3.63, 3.8) is 0 Å². The van der Waals surface area contributed by atoms with E-state index >= 15 is 0 Å². The first-order valence-corrected chi connectivity index (χ1v) is 34.3. The number of carbonyl (C=O) groups is 3. The summed E-state index contributed by atoms with van der Waals surface area (Å²) < 4.78 is 16.9. The van der Waals surface area contributed by atoms with Gasteiger partial charge in [0.1, 0.15) is 13.2 Å². The van der Waals surface area contributed by atoms with Crippen LogP contribution in [0.1, 0.15) is 303 Å². The van der Waals surface area contributed by atoms with E-state index in [1.54, 1.807) is 0 Å². The topological polar surface area (TPSA) is 78.9 Å². The van der Waals surface area contributed by atoms with Crippen LogP contribution >= 0.6 is 0 Å². The van der Waals surface area contributed by atoms with Crippen LogP contribution in [0.25, 0.3) is 0 Å². The van der Waals surface area contributed by atoms with Crippen LogP contribution in [-0.4, -0.2) is 37.2 Å². The maximum Gasteiger partial charge on any atom is 0.306 e. The summed E-state index contributed by atoms with van der Waals surface area (Å²) >= 11 is 0. The van der Waals surface area contributed by atoms with Gasteiger partial charge in [0.25, 0.3) is 0 Å². The van der Waals surface area contributed by atoms with Crippen LogP contribution in [0.15, 0.2) is 146 Å². The quantitative estimate of drug-likeness (QED) is 0.0261. The van der Waals surface area contributed by atoms with Gasteiger partial charge in [-0.1, -0.05) is 289 Å². The molecule has 0 N–H and O–H groups in total. The Bertz CT molecular complexity index is 1800. The van der Waals surface area contributed by atoms with E-state index in [9.17, 15) is 14.4 Å². The van der Waals surface area contributed by atoms with E-state index < -0.39 is 6.10 Å². The summed E-state index contributed by atoms with van der Waals surface area (Å²) in [5, 5.41) is 0. The van der Waals surface area contributed by atoms with Crippen LogP contribution in [0.2, 0.25) is 0 Å². The lowest BCUT2D eigenvalue weighted by Gasteiger charge is -2.18. The van der Waals surface area contributed by atoms with Crippen LogP contribution in [0.3, 0.4) is 0 Å². The number of carbonyl (C=O) groups excluding carboxylic acids is 3. The highest BCUT2D eigenvalue weighted by Crippen LogP contribution is 2.16. The monoisotopic (exact) mass is 1150 g/mol. The van der Waals surface area contributed by atoms with Gasteiger partial charge in [-0.25, -0.2) is 0 Å². The lowest BCUT2D eigenvalue weighted by atomic mass is 10.1. The molecule has 0 amide bonds. The fraction of sp³-hybridized carbons (Fsp3) is 0.649. The fourth-order valence-electron chi connectivity index (χ4n) is 9.23. The number of hydrogen-bond acceptors (Lipinski definition) is 6. The van der Waals surface area contributed by atoms with Gasteiger partial charge in [-0.2, -0.15) is 0 Å². The molecular formula is C77H126O6. The first kappa shape index (κ1) is 78.3. The van der Waals surface area contributed by atoms with Crippen LogP contribution in [-0.2, 0) is 28.6 Å². The van der Waals surface area contributed by atoms with E-state index in [2.05, 4.69) is 167 Å². The van der Waals surface area contributed by atoms with Crippen molar-refractivity contribution in [3.8, 4) is 0 Å². The summed E-state index contributed by atoms with van der Waals surface area (Å²) in [6.07, 6.45) is 100. The molecule has 0 bridgehead atoms. The Morgan fingerprint density at radius 3 is 0.771 bits per heavy atom. The Morgan fingerprint density at radius 1 is 0.253 bits per heavy atom. The van der Waals surface area contributed by atoms with Gasteiger partial charge in [0.2, 0.25) is 0 Å². The van der Waals surface area contributed by atoms with Crippen molar-refractivity contribution in [2.45, 2.75) is 309 Å². The predicted octanol–water partition coefficient (Wildman–Crippen LogP) is 23.9. The SMILES string of the molecule is CC/C=C\C/C=C\C/C=C\C/C=C\C/C=C\C/C=C\C/C=C\CCCCCCCCCC(=O)OCC(COC(=O)CCCC/C=C\C/C=C\C/C=C\C/C=C\CC)OC(=O)CCCCCCCCCCC/C=C\CCCCCCCCCC. The maximum absolute atomic E-state index is 12.9. The van der Waals surface area contributed by atoms with Crippen molar-refractivity contribution in [2.75, 3.05) is 13.2 Å². The lowest BCUT2D eigenvalue weighted by molar-refractivity contribution is -0.167. The highest BCUT2D eigenvalue weighted by atomic mass is 16.6. The number of ether oxygens (including phenoxy) is 3. The average molecular weight is 1150 g/mol. The van der Waals surface area contributed by atoms with Gasteiger partial charge in [0, 0.05) is 19.3 Å². The van der Waals surface area contributed by atoms with Crippen molar-refractivity contribution in [2.24, 2.45) is 0 Å². The van der Waals surface area contributed by atoms with Crippen molar-refractivity contribution in [1.29, 1.82) is 0 Å². The molecule has 6 nitrogen and oxygen atoms in total. The molecule has 0 saturated carbocycles. The van der Waals surface area contributed by atoms with Crippen LogP contribution in [0, 0.1) is 0 Å². The molecular weight excluding hydrogens is 1020 g/mol. The summed E-state index contributed by atoms with van der Waals surface area (Å²) in [7, 11) is 0. The van der Waals surface area contributed by atoms with E-state index in [0.717, 1.165) is 135 Å². The molecule has 0 heterocycles. The molecule has 0 aromatic rings. The Hall–Kier alpha value is -4.71. The maximum atomic E-state index is 12.9. The highest BCUT2D eigenvalue weighted by Gasteiger charge is 2.19. The molecule has 83 heavy (non-hydrogen) atoms. The summed E-state index contributed by atoms with van der Waals surface area (Å²) in [6.45, 7) is 6.38. The van der Waals surface area contributed by atoms with E-state index in [4.69, 9.17) is 14.2 Å². The minimum absolute atomic E-state index is 0.102. The third-order valence-corrected chi connectivity index (χ3v) is 14.3. The van der Waals surface area contributed by atoms with Crippen LogP contribution in [0.5, 0.6) is 0 Å². The van der Waals surface area contributed by atoms with Crippen LogP contribution in [0.4, 0.5) is 0 Å². The van der Waals surface area contributed by atoms with Crippen molar-refractivity contribution in [1.82, 2.24) is 0 Å². The van der Waals surface area contributed by atoms with Crippen molar-refractivity contribution < 1.29 is 28.6 Å². The molecule has 0 aliphatic heterocycles. The molecule has 0 radical (unpaired) electrons. The van der Waals surface area contributed by atoms with Crippen molar-refractivity contribution in [3.05, 3.63) is 146 Å². The molecule has 0 saturated heterocycles. The molecule has 0 aromatic carbocycles. The smallest absolute Gasteiger partial charge is 0.306 e. The van der Waals surface area contributed by atoms with Gasteiger partial charge in [-0.3, -0.25) is 14.4 Å². The zero-order chi connectivity index (χ0) is 59.9. The number of esters is 3. The third-order valence-electron chi connectivity index (χ3n) is 14.3. The molecule has 0 rings (SSSR count). The Labute approximate surface area is 512 Å². The number of unbranched alkanes of at least 4 members (excludes halogenated alkanes) is 26. The van der Waals surface area contributed by atoms with E-state index in [1.807, 2.05) is 0 Å².